The van der Waals surface area contributed by atoms with Crippen molar-refractivity contribution >= 4 is 0 Å². The van der Waals surface area contributed by atoms with E-state index in [-0.39, 0.29) is 5.56 Å². The fourth-order valence-electron chi connectivity index (χ4n) is 2.22. The van der Waals surface area contributed by atoms with E-state index in [4.69, 9.17) is 5.84 Å². The van der Waals surface area contributed by atoms with Gasteiger partial charge in [0, 0.05) is 24.0 Å². The fraction of sp³-hybridized carbons (Fsp3) is 0.643. The van der Waals surface area contributed by atoms with E-state index in [0.29, 0.717) is 6.42 Å². The van der Waals surface area contributed by atoms with Crippen molar-refractivity contribution in [3.05, 3.63) is 29.6 Å². The molecule has 0 aromatic carbocycles. The monoisotopic (exact) mass is 289 g/mol. The number of nitrogens with one attached hydrogen (secondary N) is 1. The molecule has 0 saturated carbocycles. The second kappa shape index (κ2) is 8.21. The number of alkyl halides is 3. The summed E-state index contributed by atoms with van der Waals surface area (Å²) in [5.41, 5.74) is 1.94. The van der Waals surface area contributed by atoms with Gasteiger partial charge in [0.25, 0.3) is 0 Å². The molecule has 114 valence electrons. The molecule has 20 heavy (non-hydrogen) atoms. The van der Waals surface area contributed by atoms with Crippen LogP contribution in [-0.2, 0) is 6.18 Å². The SMILES string of the molecule is CCCCCCCC(NN)c1cnccc1C(F)(F)F. The third-order valence-corrected chi connectivity index (χ3v) is 3.33. The molecule has 0 saturated heterocycles. The van der Waals surface area contributed by atoms with Crippen molar-refractivity contribution < 1.29 is 13.2 Å². The van der Waals surface area contributed by atoms with E-state index in [2.05, 4.69) is 17.3 Å². The summed E-state index contributed by atoms with van der Waals surface area (Å²) in [7, 11) is 0. The molecule has 1 heterocycles. The van der Waals surface area contributed by atoms with Crippen LogP contribution in [0.15, 0.2) is 18.5 Å². The smallest absolute Gasteiger partial charge is 0.271 e. The molecule has 0 radical (unpaired) electrons. The molecule has 6 heteroatoms. The minimum Gasteiger partial charge on any atom is -0.271 e. The minimum atomic E-state index is -4.38. The highest BCUT2D eigenvalue weighted by molar-refractivity contribution is 5.29. The zero-order valence-corrected chi connectivity index (χ0v) is 11.7. The second-order valence-electron chi connectivity index (χ2n) is 4.88. The summed E-state index contributed by atoms with van der Waals surface area (Å²) in [4.78, 5) is 3.79. The van der Waals surface area contributed by atoms with Gasteiger partial charge in [-0.1, -0.05) is 39.0 Å². The van der Waals surface area contributed by atoms with Gasteiger partial charge in [-0.2, -0.15) is 13.2 Å². The van der Waals surface area contributed by atoms with Crippen LogP contribution in [-0.4, -0.2) is 4.98 Å². The molecular weight excluding hydrogens is 267 g/mol. The standard InChI is InChI=1S/C14H22F3N3/c1-2-3-4-5-6-7-13(20-18)11-10-19-9-8-12(11)14(15,16)17/h8-10,13,20H,2-7,18H2,1H3. The first-order valence-electron chi connectivity index (χ1n) is 6.98. The molecule has 3 nitrogen and oxygen atoms in total. The van der Waals surface area contributed by atoms with Gasteiger partial charge in [-0.25, -0.2) is 0 Å². The Balaban J connectivity index is 2.70. The number of rotatable bonds is 8. The van der Waals surface area contributed by atoms with Crippen molar-refractivity contribution in [3.8, 4) is 0 Å². The Morgan fingerprint density at radius 3 is 2.55 bits per heavy atom. The lowest BCUT2D eigenvalue weighted by Crippen LogP contribution is -2.30. The van der Waals surface area contributed by atoms with Gasteiger partial charge in [0.15, 0.2) is 0 Å². The van der Waals surface area contributed by atoms with E-state index in [1.807, 2.05) is 0 Å². The maximum atomic E-state index is 12.9. The highest BCUT2D eigenvalue weighted by Gasteiger charge is 2.34. The van der Waals surface area contributed by atoms with Crippen molar-refractivity contribution in [1.29, 1.82) is 0 Å². The van der Waals surface area contributed by atoms with E-state index in [1.165, 1.54) is 6.20 Å². The van der Waals surface area contributed by atoms with E-state index in [0.717, 1.165) is 44.4 Å². The summed E-state index contributed by atoms with van der Waals surface area (Å²) in [6.45, 7) is 2.12. The third-order valence-electron chi connectivity index (χ3n) is 3.33. The zero-order chi connectivity index (χ0) is 15.0. The van der Waals surface area contributed by atoms with Crippen LogP contribution in [0.2, 0.25) is 0 Å². The molecule has 1 rings (SSSR count). The maximum absolute atomic E-state index is 12.9. The first-order chi connectivity index (χ1) is 9.50. The summed E-state index contributed by atoms with van der Waals surface area (Å²) >= 11 is 0. The van der Waals surface area contributed by atoms with Gasteiger partial charge in [0.05, 0.1) is 5.56 Å². The number of unbranched alkanes of at least 4 members (excludes halogenated alkanes) is 4. The van der Waals surface area contributed by atoms with Gasteiger partial charge in [-0.15, -0.1) is 0 Å². The molecule has 1 atom stereocenters. The van der Waals surface area contributed by atoms with Crippen LogP contribution in [0.1, 0.15) is 62.6 Å². The first-order valence-corrected chi connectivity index (χ1v) is 6.98. The van der Waals surface area contributed by atoms with E-state index >= 15 is 0 Å². The van der Waals surface area contributed by atoms with Crippen molar-refractivity contribution in [3.63, 3.8) is 0 Å². The van der Waals surface area contributed by atoms with Crippen molar-refractivity contribution in [2.45, 2.75) is 57.7 Å². The lowest BCUT2D eigenvalue weighted by Gasteiger charge is -2.20. The third kappa shape index (κ3) is 5.09. The summed E-state index contributed by atoms with van der Waals surface area (Å²) in [6.07, 6.45) is 3.85. The average Bonchev–Trinajstić information content (AvgIpc) is 2.42. The Labute approximate surface area is 117 Å². The molecule has 0 amide bonds. The van der Waals surface area contributed by atoms with E-state index in [9.17, 15) is 13.2 Å². The number of hydrazine groups is 1. The van der Waals surface area contributed by atoms with Crippen LogP contribution in [0.5, 0.6) is 0 Å². The summed E-state index contributed by atoms with van der Waals surface area (Å²) in [6, 6.07) is 0.485. The topological polar surface area (TPSA) is 50.9 Å². The summed E-state index contributed by atoms with van der Waals surface area (Å²) in [5.74, 6) is 5.41. The van der Waals surface area contributed by atoms with Crippen LogP contribution in [0.4, 0.5) is 13.2 Å². The quantitative estimate of drug-likeness (QED) is 0.432. The predicted octanol–water partition coefficient (Wildman–Crippen LogP) is 3.97. The highest BCUT2D eigenvalue weighted by atomic mass is 19.4. The molecule has 0 aliphatic heterocycles. The molecular formula is C14H22F3N3. The molecule has 3 N–H and O–H groups in total. The molecule has 1 unspecified atom stereocenters. The van der Waals surface area contributed by atoms with Crippen LogP contribution in [0.25, 0.3) is 0 Å². The normalized spacial score (nSPS) is 13.4. The molecule has 0 aliphatic carbocycles. The van der Waals surface area contributed by atoms with Crippen LogP contribution < -0.4 is 11.3 Å². The average molecular weight is 289 g/mol. The van der Waals surface area contributed by atoms with Gasteiger partial charge in [0.1, 0.15) is 0 Å². The van der Waals surface area contributed by atoms with Crippen molar-refractivity contribution in [2.75, 3.05) is 0 Å². The zero-order valence-electron chi connectivity index (χ0n) is 11.7. The predicted molar refractivity (Wildman–Crippen MR) is 72.7 cm³/mol. The number of hydrogen-bond acceptors (Lipinski definition) is 3. The Bertz CT molecular complexity index is 393. The van der Waals surface area contributed by atoms with Gasteiger partial charge < -0.3 is 0 Å². The first kappa shape index (κ1) is 16.9. The number of nitrogens with two attached hydrogens (primary N) is 1. The van der Waals surface area contributed by atoms with Crippen LogP contribution in [0, 0.1) is 0 Å². The second-order valence-corrected chi connectivity index (χ2v) is 4.88. The van der Waals surface area contributed by atoms with Gasteiger partial charge in [0.2, 0.25) is 0 Å². The van der Waals surface area contributed by atoms with Crippen molar-refractivity contribution in [1.82, 2.24) is 10.4 Å². The van der Waals surface area contributed by atoms with E-state index < -0.39 is 17.8 Å². The fourth-order valence-corrected chi connectivity index (χ4v) is 2.22. The molecule has 0 spiro atoms. The Morgan fingerprint density at radius 2 is 1.95 bits per heavy atom. The van der Waals surface area contributed by atoms with E-state index in [1.54, 1.807) is 0 Å². The highest BCUT2D eigenvalue weighted by Crippen LogP contribution is 2.35. The van der Waals surface area contributed by atoms with Crippen LogP contribution >= 0.6 is 0 Å². The molecule has 1 aromatic heterocycles. The Morgan fingerprint density at radius 1 is 1.25 bits per heavy atom. The van der Waals surface area contributed by atoms with Gasteiger partial charge in [-0.3, -0.25) is 16.3 Å². The largest absolute Gasteiger partial charge is 0.416 e. The molecule has 1 aromatic rings. The van der Waals surface area contributed by atoms with Gasteiger partial charge in [-0.05, 0) is 12.5 Å². The lowest BCUT2D eigenvalue weighted by molar-refractivity contribution is -0.138. The number of halogens is 3. The molecule has 0 aliphatic rings. The van der Waals surface area contributed by atoms with Crippen molar-refractivity contribution in [2.24, 2.45) is 5.84 Å². The molecule has 0 bridgehead atoms. The van der Waals surface area contributed by atoms with Crippen LogP contribution in [0.3, 0.4) is 0 Å². The Hall–Kier alpha value is -1.14. The Kier molecular flexibility index (Phi) is 6.95. The molecule has 0 fully saturated rings. The minimum absolute atomic E-state index is 0.123. The number of nitrogens with zero attached hydrogens (tertiary/aromatic N) is 1. The lowest BCUT2D eigenvalue weighted by atomic mass is 9.97. The maximum Gasteiger partial charge on any atom is 0.416 e. The number of hydrogen-bond donors (Lipinski definition) is 2. The summed E-state index contributed by atoms with van der Waals surface area (Å²) < 4.78 is 38.8. The summed E-state index contributed by atoms with van der Waals surface area (Å²) in [5, 5.41) is 0. The van der Waals surface area contributed by atoms with Gasteiger partial charge >= 0.3 is 6.18 Å². The number of aromatic nitrogens is 1. The number of pyridine rings is 1.